The topological polar surface area (TPSA) is 98.6 Å². The van der Waals surface area contributed by atoms with Crippen LogP contribution in [0.25, 0.3) is 16.8 Å². The molecule has 40 heavy (non-hydrogen) atoms. The zero-order valence-electron chi connectivity index (χ0n) is 22.2. The van der Waals surface area contributed by atoms with E-state index >= 15 is 13.2 Å². The Balaban J connectivity index is 1.33. The van der Waals surface area contributed by atoms with Crippen molar-refractivity contribution in [2.24, 2.45) is 11.7 Å². The largest absolute Gasteiger partial charge is 0.391 e. The van der Waals surface area contributed by atoms with Crippen molar-refractivity contribution in [3.8, 4) is 11.3 Å². The maximum Gasteiger partial charge on any atom is 0.140 e. The van der Waals surface area contributed by atoms with Gasteiger partial charge in [0.15, 0.2) is 0 Å². The van der Waals surface area contributed by atoms with Crippen molar-refractivity contribution < 1.29 is 23.0 Å². The minimum absolute atomic E-state index is 0.0210. The molecule has 3 aromatic heterocycles. The maximum absolute atomic E-state index is 15.4. The lowest BCUT2D eigenvalue weighted by molar-refractivity contribution is -0.0117. The smallest absolute Gasteiger partial charge is 0.140 e. The summed E-state index contributed by atoms with van der Waals surface area (Å²) in [4.78, 5) is 8.86. The van der Waals surface area contributed by atoms with Gasteiger partial charge in [-0.2, -0.15) is 5.10 Å². The Morgan fingerprint density at radius 3 is 2.58 bits per heavy atom. The van der Waals surface area contributed by atoms with Crippen LogP contribution in [0.2, 0.25) is 0 Å². The number of halogens is 3. The van der Waals surface area contributed by atoms with Gasteiger partial charge in [0.25, 0.3) is 0 Å². The molecule has 1 aliphatic heterocycles. The number of aromatic nitrogens is 4. The summed E-state index contributed by atoms with van der Waals surface area (Å²) in [5, 5.41) is 14.9. The van der Waals surface area contributed by atoms with Gasteiger partial charge in [-0.05, 0) is 71.7 Å². The summed E-state index contributed by atoms with van der Waals surface area (Å²) in [5.41, 5.74) is 6.87. The molecule has 0 spiro atoms. The van der Waals surface area contributed by atoms with Crippen molar-refractivity contribution in [1.82, 2.24) is 19.6 Å². The standard InChI is InChI=1S/C30H32F3N5O2/c1-17-10-18(11-25(34)29(17)39)22-4-7-35-15-19(22)12-27-36-16-21-2-3-26(37-38(21)27)28-23(31)13-20(14-24(28)32)30(33)5-8-40-9-6-30/h2-4,7,13-18,25,29,39H,5-6,8-12,34H2,1H3/t17-,18+,25+,29+/m0/s1. The molecular formula is C30H32F3N5O2. The van der Waals surface area contributed by atoms with Crippen LogP contribution >= 0.6 is 0 Å². The number of pyridine rings is 1. The molecule has 0 radical (unpaired) electrons. The molecule has 2 fully saturated rings. The van der Waals surface area contributed by atoms with Crippen LogP contribution in [0.3, 0.4) is 0 Å². The molecule has 1 saturated carbocycles. The number of benzene rings is 1. The molecule has 6 rings (SSSR count). The lowest BCUT2D eigenvalue weighted by Gasteiger charge is -2.36. The van der Waals surface area contributed by atoms with E-state index in [1.54, 1.807) is 29.2 Å². The molecule has 1 saturated heterocycles. The number of aliphatic hydroxyl groups excluding tert-OH is 1. The van der Waals surface area contributed by atoms with Gasteiger partial charge < -0.3 is 15.6 Å². The summed E-state index contributed by atoms with van der Waals surface area (Å²) >= 11 is 0. The number of nitrogens with zero attached hydrogens (tertiary/aromatic N) is 4. The summed E-state index contributed by atoms with van der Waals surface area (Å²) in [5.74, 6) is -0.918. The highest BCUT2D eigenvalue weighted by Gasteiger charge is 2.36. The van der Waals surface area contributed by atoms with Crippen molar-refractivity contribution in [1.29, 1.82) is 0 Å². The molecule has 10 heteroatoms. The molecular weight excluding hydrogens is 519 g/mol. The molecule has 4 aromatic rings. The second-order valence-electron chi connectivity index (χ2n) is 11.2. The fourth-order valence-corrected chi connectivity index (χ4v) is 6.23. The van der Waals surface area contributed by atoms with Crippen LogP contribution in [-0.2, 0) is 16.8 Å². The van der Waals surface area contributed by atoms with Crippen molar-refractivity contribution in [2.45, 2.75) is 62.8 Å². The van der Waals surface area contributed by atoms with Gasteiger partial charge in [-0.3, -0.25) is 4.98 Å². The van der Waals surface area contributed by atoms with E-state index in [0.29, 0.717) is 24.2 Å². The summed E-state index contributed by atoms with van der Waals surface area (Å²) in [6.07, 6.45) is 6.64. The minimum atomic E-state index is -1.83. The van der Waals surface area contributed by atoms with E-state index in [1.807, 2.05) is 13.0 Å². The normalized spacial score (nSPS) is 24.9. The summed E-state index contributed by atoms with van der Waals surface area (Å²) in [6.45, 7) is 2.42. The summed E-state index contributed by atoms with van der Waals surface area (Å²) in [6, 6.07) is 7.05. The van der Waals surface area contributed by atoms with Crippen LogP contribution in [0, 0.1) is 17.6 Å². The lowest BCUT2D eigenvalue weighted by atomic mass is 9.74. The average molecular weight is 552 g/mol. The van der Waals surface area contributed by atoms with Crippen LogP contribution in [0.15, 0.2) is 48.9 Å². The molecule has 1 aliphatic carbocycles. The minimum Gasteiger partial charge on any atom is -0.391 e. The molecule has 4 heterocycles. The summed E-state index contributed by atoms with van der Waals surface area (Å²) < 4.78 is 52.8. The summed E-state index contributed by atoms with van der Waals surface area (Å²) in [7, 11) is 0. The zero-order valence-corrected chi connectivity index (χ0v) is 22.2. The maximum atomic E-state index is 15.4. The third-order valence-corrected chi connectivity index (χ3v) is 8.52. The van der Waals surface area contributed by atoms with E-state index in [2.05, 4.69) is 15.1 Å². The van der Waals surface area contributed by atoms with E-state index in [0.717, 1.165) is 29.7 Å². The molecule has 2 aliphatic rings. The molecule has 0 unspecified atom stereocenters. The van der Waals surface area contributed by atoms with Gasteiger partial charge in [-0.15, -0.1) is 0 Å². The van der Waals surface area contributed by atoms with E-state index < -0.39 is 23.4 Å². The first-order valence-electron chi connectivity index (χ1n) is 13.7. The Morgan fingerprint density at radius 1 is 1.10 bits per heavy atom. The quantitative estimate of drug-likeness (QED) is 0.369. The van der Waals surface area contributed by atoms with Crippen molar-refractivity contribution in [3.63, 3.8) is 0 Å². The van der Waals surface area contributed by atoms with Gasteiger partial charge >= 0.3 is 0 Å². The zero-order chi connectivity index (χ0) is 28.0. The molecule has 4 atom stereocenters. The monoisotopic (exact) mass is 551 g/mol. The van der Waals surface area contributed by atoms with Gasteiger partial charge in [0.2, 0.25) is 0 Å². The van der Waals surface area contributed by atoms with Crippen molar-refractivity contribution >= 4 is 5.52 Å². The van der Waals surface area contributed by atoms with Crippen molar-refractivity contribution in [3.05, 3.63) is 83.1 Å². The first-order valence-corrected chi connectivity index (χ1v) is 13.7. The predicted molar refractivity (Wildman–Crippen MR) is 143 cm³/mol. The number of aliphatic hydroxyl groups is 1. The second-order valence-corrected chi connectivity index (χ2v) is 11.2. The Labute approximate surface area is 230 Å². The number of hydrogen-bond donors (Lipinski definition) is 2. The number of nitrogens with two attached hydrogens (primary N) is 1. The molecule has 3 N–H and O–H groups in total. The van der Waals surface area contributed by atoms with Gasteiger partial charge in [0.05, 0.1) is 29.1 Å². The number of fused-ring (bicyclic) bond motifs is 1. The molecule has 0 amide bonds. The highest BCUT2D eigenvalue weighted by Crippen LogP contribution is 2.40. The molecule has 1 aromatic carbocycles. The first-order chi connectivity index (χ1) is 19.2. The van der Waals surface area contributed by atoms with E-state index in [9.17, 15) is 5.11 Å². The van der Waals surface area contributed by atoms with Crippen LogP contribution in [0.1, 0.15) is 61.0 Å². The third-order valence-electron chi connectivity index (χ3n) is 8.52. The van der Waals surface area contributed by atoms with Gasteiger partial charge in [0, 0.05) is 50.9 Å². The first kappa shape index (κ1) is 26.9. The molecule has 0 bridgehead atoms. The average Bonchev–Trinajstić information content (AvgIpc) is 3.33. The van der Waals surface area contributed by atoms with Gasteiger partial charge in [-0.25, -0.2) is 22.7 Å². The second kappa shape index (κ2) is 10.6. The molecule has 7 nitrogen and oxygen atoms in total. The van der Waals surface area contributed by atoms with E-state index in [-0.39, 0.29) is 60.8 Å². The van der Waals surface area contributed by atoms with Crippen LogP contribution in [0.4, 0.5) is 13.2 Å². The number of hydrogen-bond acceptors (Lipinski definition) is 6. The predicted octanol–water partition coefficient (Wildman–Crippen LogP) is 4.84. The van der Waals surface area contributed by atoms with Gasteiger partial charge in [-0.1, -0.05) is 6.92 Å². The Morgan fingerprint density at radius 2 is 1.85 bits per heavy atom. The number of rotatable bonds is 5. The third kappa shape index (κ3) is 4.88. The van der Waals surface area contributed by atoms with Crippen LogP contribution in [0.5, 0.6) is 0 Å². The van der Waals surface area contributed by atoms with Crippen molar-refractivity contribution in [2.75, 3.05) is 13.2 Å². The Hall–Kier alpha value is -3.34. The van der Waals surface area contributed by atoms with Crippen LogP contribution in [-0.4, -0.2) is 50.0 Å². The van der Waals surface area contributed by atoms with E-state index in [4.69, 9.17) is 10.5 Å². The van der Waals surface area contributed by atoms with Crippen LogP contribution < -0.4 is 5.73 Å². The Kier molecular flexibility index (Phi) is 7.10. The SMILES string of the molecule is C[C@H]1C[C@@H](c2ccncc2Cc2ncc3ccc(-c4c(F)cc(C5(F)CCOCC5)cc4F)nn23)C[C@@H](N)[C@@H]1O. The van der Waals surface area contributed by atoms with Gasteiger partial charge in [0.1, 0.15) is 23.1 Å². The molecule has 210 valence electrons. The highest BCUT2D eigenvalue weighted by atomic mass is 19.1. The Bertz CT molecular complexity index is 1500. The number of imidazole rings is 1. The lowest BCUT2D eigenvalue weighted by Crippen LogP contribution is -2.44. The number of alkyl halides is 1. The fraction of sp³-hybridized carbons (Fsp3) is 0.433. The number of ether oxygens (including phenoxy) is 1. The fourth-order valence-electron chi connectivity index (χ4n) is 6.23. The highest BCUT2D eigenvalue weighted by molar-refractivity contribution is 5.63. The van der Waals surface area contributed by atoms with E-state index in [1.165, 1.54) is 6.07 Å².